The zero-order valence-electron chi connectivity index (χ0n) is 18.7. The average Bonchev–Trinajstić information content (AvgIpc) is 3.20. The van der Waals surface area contributed by atoms with Crippen LogP contribution in [0.4, 0.5) is 0 Å². The van der Waals surface area contributed by atoms with Gasteiger partial charge in [0.2, 0.25) is 5.78 Å². The molecule has 0 unspecified atom stereocenters. The molecule has 168 valence electrons. The average molecular weight is 468 g/mol. The number of para-hydroxylation sites is 1. The lowest BCUT2D eigenvalue weighted by atomic mass is 10.0. The summed E-state index contributed by atoms with van der Waals surface area (Å²) < 4.78 is 7.46. The quantitative estimate of drug-likeness (QED) is 0.407. The first-order chi connectivity index (χ1) is 16.6. The third-order valence-electron chi connectivity index (χ3n) is 5.31. The van der Waals surface area contributed by atoms with Crippen molar-refractivity contribution in [3.05, 3.63) is 109 Å². The first kappa shape index (κ1) is 22.9. The molecular weight excluding hydrogens is 446 g/mol. The normalized spacial score (nSPS) is 12.2. The van der Waals surface area contributed by atoms with E-state index in [9.17, 15) is 14.9 Å². The Bertz CT molecular complexity index is 1580. The van der Waals surface area contributed by atoms with Gasteiger partial charge in [-0.25, -0.2) is 0 Å². The third-order valence-corrected chi connectivity index (χ3v) is 6.40. The van der Waals surface area contributed by atoms with Gasteiger partial charge in [0, 0.05) is 12.4 Å². The van der Waals surface area contributed by atoms with Crippen molar-refractivity contribution in [2.24, 2.45) is 0 Å². The van der Waals surface area contributed by atoms with Gasteiger partial charge in [-0.2, -0.15) is 5.26 Å². The van der Waals surface area contributed by atoms with Crippen LogP contribution >= 0.6 is 11.3 Å². The van der Waals surface area contributed by atoms with Gasteiger partial charge in [0.1, 0.15) is 22.1 Å². The molecule has 2 heterocycles. The fraction of sp³-hybridized carbons (Fsp3) is 0.111. The van der Waals surface area contributed by atoms with Crippen LogP contribution in [0.5, 0.6) is 5.75 Å². The van der Waals surface area contributed by atoms with Gasteiger partial charge >= 0.3 is 0 Å². The number of ether oxygens (including phenoxy) is 1. The fourth-order valence-electron chi connectivity index (χ4n) is 3.57. The Hall–Kier alpha value is -4.28. The summed E-state index contributed by atoms with van der Waals surface area (Å²) in [5, 5.41) is 10.1. The summed E-state index contributed by atoms with van der Waals surface area (Å²) in [6, 6.07) is 19.9. The van der Waals surface area contributed by atoms with Crippen LogP contribution in [0.3, 0.4) is 0 Å². The predicted octanol–water partition coefficient (Wildman–Crippen LogP) is 3.25. The van der Waals surface area contributed by atoms with E-state index >= 15 is 0 Å². The molecule has 0 saturated heterocycles. The van der Waals surface area contributed by atoms with Gasteiger partial charge in [0.15, 0.2) is 0 Å². The lowest BCUT2D eigenvalue weighted by Gasteiger charge is -2.08. The number of methoxy groups -OCH3 is 1. The van der Waals surface area contributed by atoms with E-state index < -0.39 is 5.78 Å². The number of nitriles is 1. The molecule has 0 radical (unpaired) electrons. The number of nitrogens with zero attached hydrogens (tertiary/aromatic N) is 3. The molecule has 0 amide bonds. The maximum Gasteiger partial charge on any atom is 0.273 e. The highest BCUT2D eigenvalue weighted by Crippen LogP contribution is 2.21. The molecule has 0 saturated carbocycles. The molecule has 2 aromatic heterocycles. The second-order valence-electron chi connectivity index (χ2n) is 7.38. The molecule has 34 heavy (non-hydrogen) atoms. The number of hydrogen-bond acceptors (Lipinski definition) is 6. The number of thiazole rings is 1. The number of aryl methyl sites for hydroxylation is 1. The first-order valence-corrected chi connectivity index (χ1v) is 11.4. The zero-order valence-corrected chi connectivity index (χ0v) is 19.5. The van der Waals surface area contributed by atoms with E-state index in [1.54, 1.807) is 60.9 Å². The molecule has 4 rings (SSSR count). The summed E-state index contributed by atoms with van der Waals surface area (Å²) in [6.07, 6.45) is 5.80. The molecule has 0 aliphatic rings. The minimum atomic E-state index is -0.503. The molecule has 0 aliphatic heterocycles. The molecule has 0 aliphatic carbocycles. The minimum Gasteiger partial charge on any atom is -0.496 e. The lowest BCUT2D eigenvalue weighted by molar-refractivity contribution is 0.105. The van der Waals surface area contributed by atoms with E-state index in [2.05, 4.69) is 4.98 Å². The first-order valence-electron chi connectivity index (χ1n) is 10.6. The molecular formula is C27H21N3O3S. The number of rotatable bonds is 6. The van der Waals surface area contributed by atoms with Crippen molar-refractivity contribution in [2.75, 3.05) is 7.11 Å². The Balaban J connectivity index is 2.08. The number of carbonyl (C=O) groups excluding carboxylic acids is 1. The van der Waals surface area contributed by atoms with Crippen LogP contribution in [-0.4, -0.2) is 22.4 Å². The zero-order chi connectivity index (χ0) is 24.1. The summed E-state index contributed by atoms with van der Waals surface area (Å²) in [5.74, 6) is -0.140. The largest absolute Gasteiger partial charge is 0.496 e. The van der Waals surface area contributed by atoms with Gasteiger partial charge < -0.3 is 4.74 Å². The topological polar surface area (TPSA) is 85.0 Å². The third kappa shape index (κ3) is 4.45. The molecule has 2 aromatic carbocycles. The van der Waals surface area contributed by atoms with Crippen LogP contribution in [0.1, 0.15) is 28.4 Å². The van der Waals surface area contributed by atoms with Crippen LogP contribution in [0.2, 0.25) is 0 Å². The highest BCUT2D eigenvalue weighted by molar-refractivity contribution is 7.07. The van der Waals surface area contributed by atoms with Gasteiger partial charge in [-0.1, -0.05) is 31.2 Å². The number of ketones is 1. The highest BCUT2D eigenvalue weighted by Gasteiger charge is 2.21. The van der Waals surface area contributed by atoms with Gasteiger partial charge in [-0.3, -0.25) is 19.1 Å². The van der Waals surface area contributed by atoms with Gasteiger partial charge in [0.25, 0.3) is 5.56 Å². The minimum absolute atomic E-state index is 0.122. The number of carbonyl (C=O) groups is 1. The van der Waals surface area contributed by atoms with Crippen molar-refractivity contribution in [1.82, 2.24) is 9.55 Å². The molecule has 0 atom stereocenters. The van der Waals surface area contributed by atoms with Crippen molar-refractivity contribution in [2.45, 2.75) is 13.3 Å². The van der Waals surface area contributed by atoms with Crippen LogP contribution < -0.4 is 19.5 Å². The van der Waals surface area contributed by atoms with Gasteiger partial charge in [-0.15, -0.1) is 11.3 Å². The number of hydrogen-bond donors (Lipinski definition) is 0. The molecule has 4 aromatic rings. The number of aromatic nitrogens is 2. The Labute approximate surface area is 200 Å². The Morgan fingerprint density at radius 1 is 1.15 bits per heavy atom. The van der Waals surface area contributed by atoms with E-state index in [-0.39, 0.29) is 21.4 Å². The standard InChI is InChI=1S/C27H21N3O3S/c1-3-18-7-6-8-20(15-18)30-26(32)24(16-19-11-13-29-14-12-19)34-27(30)22(17-28)25(31)21-9-4-5-10-23(21)33-2/h4-16H,3H2,1-2H3/b24-16-,27-22-. The van der Waals surface area contributed by atoms with Crippen LogP contribution in [0.15, 0.2) is 77.9 Å². The monoisotopic (exact) mass is 467 g/mol. The van der Waals surface area contributed by atoms with E-state index in [0.717, 1.165) is 28.9 Å². The molecule has 0 bridgehead atoms. The van der Waals surface area contributed by atoms with E-state index in [1.807, 2.05) is 31.2 Å². The SMILES string of the molecule is CCc1cccc(-n2c(=O)/c(=C/c3ccncc3)s/c2=C(/C#N)C(=O)c2ccccc2OC)c1. The van der Waals surface area contributed by atoms with Crippen molar-refractivity contribution >= 4 is 28.8 Å². The maximum atomic E-state index is 13.6. The van der Waals surface area contributed by atoms with Crippen LogP contribution in [0, 0.1) is 11.3 Å². The number of pyridine rings is 1. The Morgan fingerprint density at radius 3 is 2.62 bits per heavy atom. The second-order valence-corrected chi connectivity index (χ2v) is 8.41. The van der Waals surface area contributed by atoms with Crippen LogP contribution in [-0.2, 0) is 6.42 Å². The summed E-state index contributed by atoms with van der Waals surface area (Å²) in [6.45, 7) is 2.02. The van der Waals surface area contributed by atoms with Crippen molar-refractivity contribution in [3.63, 3.8) is 0 Å². The summed E-state index contributed by atoms with van der Waals surface area (Å²) in [5.41, 5.74) is 2.27. The number of Topliss-reactive ketones (excluding diaryl/α,β-unsaturated/α-hetero) is 1. The molecule has 0 N–H and O–H groups in total. The molecule has 0 fully saturated rings. The number of benzene rings is 2. The van der Waals surface area contributed by atoms with E-state index in [0.29, 0.717) is 16.0 Å². The van der Waals surface area contributed by atoms with E-state index in [1.165, 1.54) is 11.7 Å². The van der Waals surface area contributed by atoms with Crippen molar-refractivity contribution in [1.29, 1.82) is 5.26 Å². The Morgan fingerprint density at radius 2 is 1.91 bits per heavy atom. The Kier molecular flexibility index (Phi) is 6.81. The second kappa shape index (κ2) is 10.1. The van der Waals surface area contributed by atoms with Crippen molar-refractivity contribution in [3.8, 4) is 17.5 Å². The summed E-state index contributed by atoms with van der Waals surface area (Å²) in [4.78, 5) is 31.0. The molecule has 7 heteroatoms. The van der Waals surface area contributed by atoms with Gasteiger partial charge in [0.05, 0.1) is 22.9 Å². The molecule has 0 spiro atoms. The summed E-state index contributed by atoms with van der Waals surface area (Å²) in [7, 11) is 1.47. The molecule has 6 nitrogen and oxygen atoms in total. The summed E-state index contributed by atoms with van der Waals surface area (Å²) >= 11 is 1.11. The smallest absolute Gasteiger partial charge is 0.273 e. The lowest BCUT2D eigenvalue weighted by Crippen LogP contribution is -2.31. The fourth-order valence-corrected chi connectivity index (χ4v) is 4.68. The highest BCUT2D eigenvalue weighted by atomic mass is 32.1. The predicted molar refractivity (Wildman–Crippen MR) is 133 cm³/mol. The van der Waals surface area contributed by atoms with Crippen LogP contribution in [0.25, 0.3) is 17.3 Å². The maximum absolute atomic E-state index is 13.6. The van der Waals surface area contributed by atoms with E-state index in [4.69, 9.17) is 4.74 Å². The van der Waals surface area contributed by atoms with Gasteiger partial charge in [-0.05, 0) is 60.0 Å². The van der Waals surface area contributed by atoms with Crippen molar-refractivity contribution < 1.29 is 9.53 Å².